The average molecular weight is 367 g/mol. The largest absolute Gasteiger partial charge is 0.379 e. The summed E-state index contributed by atoms with van der Waals surface area (Å²) < 4.78 is 1.94. The first-order valence-electron chi connectivity index (χ1n) is 5.24. The Hall–Kier alpha value is -1.38. The molecule has 1 aromatic carbocycles. The first-order valence-corrected chi connectivity index (χ1v) is 6.83. The van der Waals surface area contributed by atoms with Gasteiger partial charge < -0.3 is 5.32 Å². The molecule has 3 nitrogen and oxygen atoms in total. The second kappa shape index (κ2) is 5.98. The van der Waals surface area contributed by atoms with Gasteiger partial charge >= 0.3 is 0 Å². The summed E-state index contributed by atoms with van der Waals surface area (Å²) in [6.45, 7) is 0.554. The highest BCUT2D eigenvalue weighted by Gasteiger charge is 2.06. The van der Waals surface area contributed by atoms with E-state index in [1.54, 1.807) is 6.20 Å². The van der Waals surface area contributed by atoms with E-state index < -0.39 is 0 Å². The van der Waals surface area contributed by atoms with E-state index in [1.165, 1.54) is 0 Å². The smallest absolute Gasteiger partial charge is 0.145 e. The molecular weight excluding hydrogens is 358 g/mol. The number of nitriles is 1. The number of hydrogen-bond donors (Lipinski definition) is 1. The van der Waals surface area contributed by atoms with Gasteiger partial charge in [0.2, 0.25) is 0 Å². The Morgan fingerprint density at radius 2 is 1.89 bits per heavy atom. The molecule has 0 bridgehead atoms. The van der Waals surface area contributed by atoms with Crippen LogP contribution in [0.5, 0.6) is 0 Å². The maximum atomic E-state index is 8.97. The topological polar surface area (TPSA) is 48.7 Å². The SMILES string of the molecule is N#Cc1ncccc1CNc1c(Br)cccc1Br. The Morgan fingerprint density at radius 3 is 2.56 bits per heavy atom. The summed E-state index contributed by atoms with van der Waals surface area (Å²) in [7, 11) is 0. The molecule has 5 heteroatoms. The highest BCUT2D eigenvalue weighted by atomic mass is 79.9. The third kappa shape index (κ3) is 2.89. The predicted molar refractivity (Wildman–Crippen MR) is 78.1 cm³/mol. The molecule has 1 aromatic heterocycles. The number of rotatable bonds is 3. The Balaban J connectivity index is 2.20. The van der Waals surface area contributed by atoms with Crippen molar-refractivity contribution in [2.75, 3.05) is 5.32 Å². The minimum absolute atomic E-state index is 0.452. The number of hydrogen-bond acceptors (Lipinski definition) is 3. The van der Waals surface area contributed by atoms with Crippen molar-refractivity contribution in [2.24, 2.45) is 0 Å². The molecule has 90 valence electrons. The van der Waals surface area contributed by atoms with E-state index in [0.717, 1.165) is 20.2 Å². The molecule has 2 rings (SSSR count). The van der Waals surface area contributed by atoms with Crippen molar-refractivity contribution < 1.29 is 0 Å². The van der Waals surface area contributed by atoms with Crippen LogP contribution in [0.15, 0.2) is 45.5 Å². The third-order valence-corrected chi connectivity index (χ3v) is 3.74. The number of anilines is 1. The van der Waals surface area contributed by atoms with Crippen molar-refractivity contribution in [1.29, 1.82) is 5.26 Å². The van der Waals surface area contributed by atoms with Crippen LogP contribution < -0.4 is 5.32 Å². The minimum Gasteiger partial charge on any atom is -0.379 e. The molecule has 0 radical (unpaired) electrons. The number of pyridine rings is 1. The monoisotopic (exact) mass is 365 g/mol. The average Bonchev–Trinajstić information content (AvgIpc) is 2.38. The Morgan fingerprint density at radius 1 is 1.17 bits per heavy atom. The van der Waals surface area contributed by atoms with E-state index in [9.17, 15) is 0 Å². The normalized spacial score (nSPS) is 9.83. The molecule has 18 heavy (non-hydrogen) atoms. The molecule has 0 atom stereocenters. The second-order valence-electron chi connectivity index (χ2n) is 3.57. The quantitative estimate of drug-likeness (QED) is 0.889. The molecule has 2 aromatic rings. The molecule has 0 unspecified atom stereocenters. The van der Waals surface area contributed by atoms with Gasteiger partial charge in [-0.25, -0.2) is 4.98 Å². The van der Waals surface area contributed by atoms with Crippen molar-refractivity contribution in [3.8, 4) is 6.07 Å². The van der Waals surface area contributed by atoms with E-state index in [1.807, 2.05) is 30.3 Å². The lowest BCUT2D eigenvalue weighted by molar-refractivity contribution is 1.08. The van der Waals surface area contributed by atoms with E-state index in [2.05, 4.69) is 48.2 Å². The fourth-order valence-corrected chi connectivity index (χ4v) is 2.81. The van der Waals surface area contributed by atoms with Crippen LogP contribution in [0, 0.1) is 11.3 Å². The maximum Gasteiger partial charge on any atom is 0.145 e. The Bertz CT molecular complexity index is 585. The number of halogens is 2. The maximum absolute atomic E-state index is 8.97. The fourth-order valence-electron chi connectivity index (χ4n) is 1.53. The summed E-state index contributed by atoms with van der Waals surface area (Å²) in [5, 5.41) is 12.3. The zero-order valence-corrected chi connectivity index (χ0v) is 12.5. The molecule has 0 aliphatic rings. The molecule has 0 fully saturated rings. The highest BCUT2D eigenvalue weighted by Crippen LogP contribution is 2.30. The molecule has 1 N–H and O–H groups in total. The molecule has 1 heterocycles. The van der Waals surface area contributed by atoms with Gasteiger partial charge in [-0.3, -0.25) is 0 Å². The van der Waals surface area contributed by atoms with Crippen molar-refractivity contribution in [1.82, 2.24) is 4.98 Å². The third-order valence-electron chi connectivity index (χ3n) is 2.42. The predicted octanol–water partition coefficient (Wildman–Crippen LogP) is 4.09. The van der Waals surface area contributed by atoms with Gasteiger partial charge in [0.05, 0.1) is 5.69 Å². The van der Waals surface area contributed by atoms with Gasteiger partial charge in [0.25, 0.3) is 0 Å². The zero-order chi connectivity index (χ0) is 13.0. The van der Waals surface area contributed by atoms with Crippen LogP contribution in [0.3, 0.4) is 0 Å². The standard InChI is InChI=1S/C13H9Br2N3/c14-10-4-1-5-11(15)13(10)18-8-9-3-2-6-17-12(9)7-16/h1-6,18H,8H2. The van der Waals surface area contributed by atoms with Crippen LogP contribution in [-0.4, -0.2) is 4.98 Å². The first-order chi connectivity index (χ1) is 8.72. The van der Waals surface area contributed by atoms with Crippen LogP contribution in [-0.2, 0) is 6.54 Å². The van der Waals surface area contributed by atoms with E-state index in [0.29, 0.717) is 12.2 Å². The van der Waals surface area contributed by atoms with Gasteiger partial charge in [-0.05, 0) is 50.1 Å². The number of nitrogens with zero attached hydrogens (tertiary/aromatic N) is 2. The Labute approximate surface area is 122 Å². The van der Waals surface area contributed by atoms with Crippen LogP contribution in [0.1, 0.15) is 11.3 Å². The van der Waals surface area contributed by atoms with E-state index in [-0.39, 0.29) is 0 Å². The van der Waals surface area contributed by atoms with E-state index in [4.69, 9.17) is 5.26 Å². The lowest BCUT2D eigenvalue weighted by Crippen LogP contribution is -2.03. The molecule has 0 saturated heterocycles. The molecule has 0 spiro atoms. The van der Waals surface area contributed by atoms with Gasteiger partial charge in [-0.1, -0.05) is 12.1 Å². The highest BCUT2D eigenvalue weighted by molar-refractivity contribution is 9.11. The summed E-state index contributed by atoms with van der Waals surface area (Å²) >= 11 is 6.97. The van der Waals surface area contributed by atoms with Gasteiger partial charge in [-0.2, -0.15) is 5.26 Å². The summed E-state index contributed by atoms with van der Waals surface area (Å²) in [5.41, 5.74) is 2.29. The lowest BCUT2D eigenvalue weighted by atomic mass is 10.2. The van der Waals surface area contributed by atoms with Crippen molar-refractivity contribution in [3.05, 3.63) is 56.7 Å². The van der Waals surface area contributed by atoms with Gasteiger partial charge in [-0.15, -0.1) is 0 Å². The molecule has 0 amide bonds. The number of nitrogens with one attached hydrogen (secondary N) is 1. The summed E-state index contributed by atoms with van der Waals surface area (Å²) in [4.78, 5) is 4.03. The van der Waals surface area contributed by atoms with Gasteiger partial charge in [0, 0.05) is 27.3 Å². The van der Waals surface area contributed by atoms with Crippen molar-refractivity contribution in [3.63, 3.8) is 0 Å². The molecule has 0 saturated carbocycles. The number of benzene rings is 1. The zero-order valence-electron chi connectivity index (χ0n) is 9.32. The van der Waals surface area contributed by atoms with E-state index >= 15 is 0 Å². The first kappa shape index (κ1) is 13.1. The Kier molecular flexibility index (Phi) is 4.34. The van der Waals surface area contributed by atoms with Gasteiger partial charge in [0.1, 0.15) is 11.8 Å². The van der Waals surface area contributed by atoms with Crippen LogP contribution >= 0.6 is 31.9 Å². The van der Waals surface area contributed by atoms with Crippen molar-refractivity contribution in [2.45, 2.75) is 6.54 Å². The number of para-hydroxylation sites is 1. The molecule has 0 aliphatic carbocycles. The second-order valence-corrected chi connectivity index (χ2v) is 5.28. The minimum atomic E-state index is 0.452. The summed E-state index contributed by atoms with van der Waals surface area (Å²) in [6, 6.07) is 11.7. The summed E-state index contributed by atoms with van der Waals surface area (Å²) in [6.07, 6.45) is 1.62. The summed E-state index contributed by atoms with van der Waals surface area (Å²) in [5.74, 6) is 0. The molecule has 0 aliphatic heterocycles. The van der Waals surface area contributed by atoms with Crippen LogP contribution in [0.4, 0.5) is 5.69 Å². The fraction of sp³-hybridized carbons (Fsp3) is 0.0769. The number of aromatic nitrogens is 1. The van der Waals surface area contributed by atoms with Crippen molar-refractivity contribution >= 4 is 37.5 Å². The van der Waals surface area contributed by atoms with Gasteiger partial charge in [0.15, 0.2) is 0 Å². The van der Waals surface area contributed by atoms with Crippen LogP contribution in [0.25, 0.3) is 0 Å². The van der Waals surface area contributed by atoms with Crippen LogP contribution in [0.2, 0.25) is 0 Å². The lowest BCUT2D eigenvalue weighted by Gasteiger charge is -2.11. The molecular formula is C13H9Br2N3.